The zero-order chi connectivity index (χ0) is 13.3. The predicted octanol–water partition coefficient (Wildman–Crippen LogP) is 4.21. The van der Waals surface area contributed by atoms with Crippen molar-refractivity contribution in [1.82, 2.24) is 4.98 Å². The van der Waals surface area contributed by atoms with Gasteiger partial charge in [0.25, 0.3) is 0 Å². The molecule has 0 aliphatic rings. The first-order valence-corrected chi connectivity index (χ1v) is 6.38. The van der Waals surface area contributed by atoms with E-state index in [-0.39, 0.29) is 11.4 Å². The van der Waals surface area contributed by atoms with E-state index in [2.05, 4.69) is 42.2 Å². The summed E-state index contributed by atoms with van der Waals surface area (Å²) in [4.78, 5) is 3.84. The molecule has 0 fully saturated rings. The molecule has 0 aliphatic heterocycles. The highest BCUT2D eigenvalue weighted by molar-refractivity contribution is 9.10. The molecule has 18 heavy (non-hydrogen) atoms. The summed E-state index contributed by atoms with van der Waals surface area (Å²) in [6.45, 7) is 0. The summed E-state index contributed by atoms with van der Waals surface area (Å²) in [5.74, 6) is -1.44. The number of nitrogens with zero attached hydrogens (tertiary/aromatic N) is 1. The maximum Gasteiger partial charge on any atom is 0.150 e. The quantitative estimate of drug-likeness (QED) is 0.822. The zero-order valence-electron chi connectivity index (χ0n) is 8.85. The van der Waals surface area contributed by atoms with Crippen LogP contribution in [0.25, 0.3) is 0 Å². The Kier molecular flexibility index (Phi) is 3.82. The number of nitrogens with two attached hydrogens (primary N) is 1. The van der Waals surface area contributed by atoms with Crippen molar-refractivity contribution in [2.45, 2.75) is 0 Å². The number of nitrogens with one attached hydrogen (secondary N) is 1. The van der Waals surface area contributed by atoms with Crippen LogP contribution in [0.4, 0.5) is 25.8 Å². The lowest BCUT2D eigenvalue weighted by atomic mass is 10.2. The number of rotatable bonds is 2. The van der Waals surface area contributed by atoms with Gasteiger partial charge in [-0.1, -0.05) is 15.9 Å². The largest absolute Gasteiger partial charge is 0.396 e. The first kappa shape index (κ1) is 13.2. The number of aromatic nitrogens is 1. The van der Waals surface area contributed by atoms with E-state index < -0.39 is 11.6 Å². The van der Waals surface area contributed by atoms with Crippen LogP contribution in [-0.2, 0) is 0 Å². The van der Waals surface area contributed by atoms with Crippen molar-refractivity contribution >= 4 is 48.9 Å². The third-order valence-corrected chi connectivity index (χ3v) is 3.24. The lowest BCUT2D eigenvalue weighted by Gasteiger charge is -2.12. The van der Waals surface area contributed by atoms with Crippen molar-refractivity contribution in [3.63, 3.8) is 0 Å². The fourth-order valence-electron chi connectivity index (χ4n) is 1.37. The summed E-state index contributed by atoms with van der Waals surface area (Å²) in [7, 11) is 0. The van der Waals surface area contributed by atoms with Gasteiger partial charge in [0, 0.05) is 10.7 Å². The zero-order valence-corrected chi connectivity index (χ0v) is 12.0. The Bertz CT molecular complexity index is 562. The molecule has 0 atom stereocenters. The van der Waals surface area contributed by atoms with Crippen LogP contribution in [0.2, 0.25) is 0 Å². The Hall–Kier alpha value is -1.21. The van der Waals surface area contributed by atoms with Crippen molar-refractivity contribution < 1.29 is 8.78 Å². The van der Waals surface area contributed by atoms with Gasteiger partial charge in [0.1, 0.15) is 5.69 Å². The molecule has 3 N–H and O–H groups in total. The molecule has 0 spiro atoms. The van der Waals surface area contributed by atoms with Crippen LogP contribution < -0.4 is 11.1 Å². The second kappa shape index (κ2) is 5.19. The summed E-state index contributed by atoms with van der Waals surface area (Å²) in [5, 5.41) is 2.62. The fourth-order valence-corrected chi connectivity index (χ4v) is 2.22. The predicted molar refractivity (Wildman–Crippen MR) is 73.7 cm³/mol. The highest BCUT2D eigenvalue weighted by Gasteiger charge is 2.13. The van der Waals surface area contributed by atoms with Crippen LogP contribution in [0.1, 0.15) is 0 Å². The lowest BCUT2D eigenvalue weighted by Crippen LogP contribution is -2.02. The van der Waals surface area contributed by atoms with E-state index in [0.29, 0.717) is 14.6 Å². The molecule has 2 rings (SSSR count). The monoisotopic (exact) mass is 377 g/mol. The second-order valence-corrected chi connectivity index (χ2v) is 5.22. The fraction of sp³-hybridized carbons (Fsp3) is 0. The van der Waals surface area contributed by atoms with Crippen molar-refractivity contribution in [2.24, 2.45) is 0 Å². The Balaban J connectivity index is 2.47. The summed E-state index contributed by atoms with van der Waals surface area (Å²) in [6.07, 6.45) is 2.87. The van der Waals surface area contributed by atoms with E-state index >= 15 is 0 Å². The molecular weight excluding hydrogens is 372 g/mol. The second-order valence-electron chi connectivity index (χ2n) is 3.45. The van der Waals surface area contributed by atoms with E-state index in [1.165, 1.54) is 12.4 Å². The Morgan fingerprint density at radius 3 is 2.22 bits per heavy atom. The highest BCUT2D eigenvalue weighted by atomic mass is 79.9. The molecule has 1 aromatic heterocycles. The number of hydrogen-bond acceptors (Lipinski definition) is 3. The minimum Gasteiger partial charge on any atom is -0.396 e. The smallest absolute Gasteiger partial charge is 0.150 e. The van der Waals surface area contributed by atoms with Gasteiger partial charge in [0.15, 0.2) is 11.6 Å². The van der Waals surface area contributed by atoms with Gasteiger partial charge < -0.3 is 11.1 Å². The lowest BCUT2D eigenvalue weighted by molar-refractivity contribution is 0.589. The summed E-state index contributed by atoms with van der Waals surface area (Å²) < 4.78 is 28.2. The van der Waals surface area contributed by atoms with Crippen LogP contribution in [0.3, 0.4) is 0 Å². The number of hydrogen-bond donors (Lipinski definition) is 2. The molecule has 94 valence electrons. The molecule has 2 aromatic rings. The number of nitrogen functional groups attached to an aromatic ring is 1. The van der Waals surface area contributed by atoms with Crippen molar-refractivity contribution in [3.05, 3.63) is 45.1 Å². The van der Waals surface area contributed by atoms with E-state index in [1.54, 1.807) is 0 Å². The van der Waals surface area contributed by atoms with Crippen LogP contribution in [0.15, 0.2) is 33.5 Å². The average Bonchev–Trinajstić information content (AvgIpc) is 2.26. The van der Waals surface area contributed by atoms with E-state index in [4.69, 9.17) is 5.73 Å². The van der Waals surface area contributed by atoms with Gasteiger partial charge >= 0.3 is 0 Å². The molecule has 0 unspecified atom stereocenters. The van der Waals surface area contributed by atoms with Crippen molar-refractivity contribution in [3.8, 4) is 0 Å². The molecule has 1 aromatic carbocycles. The summed E-state index contributed by atoms with van der Waals surface area (Å²) >= 11 is 6.22. The number of anilines is 3. The number of benzene rings is 1. The van der Waals surface area contributed by atoms with Gasteiger partial charge in [0.05, 0.1) is 22.0 Å². The van der Waals surface area contributed by atoms with Gasteiger partial charge in [-0.2, -0.15) is 0 Å². The first-order valence-electron chi connectivity index (χ1n) is 4.79. The standard InChI is InChI=1S/C11H7Br2F2N3/c12-5-1-7(14)11(8(15)2-5)18-10-6(13)3-17-4-9(10)16/h1-4H,16H2,(H,17,18). The third kappa shape index (κ3) is 2.62. The van der Waals surface area contributed by atoms with Gasteiger partial charge in [0.2, 0.25) is 0 Å². The Labute approximate surface area is 119 Å². The van der Waals surface area contributed by atoms with E-state index in [0.717, 1.165) is 12.1 Å². The summed E-state index contributed by atoms with van der Waals surface area (Å²) in [6, 6.07) is 2.33. The number of halogens is 4. The van der Waals surface area contributed by atoms with Gasteiger partial charge in [-0.25, -0.2) is 8.78 Å². The van der Waals surface area contributed by atoms with E-state index in [9.17, 15) is 8.78 Å². The van der Waals surface area contributed by atoms with Crippen LogP contribution in [0.5, 0.6) is 0 Å². The van der Waals surface area contributed by atoms with Crippen molar-refractivity contribution in [2.75, 3.05) is 11.1 Å². The van der Waals surface area contributed by atoms with Crippen LogP contribution in [-0.4, -0.2) is 4.98 Å². The first-order chi connectivity index (χ1) is 8.49. The van der Waals surface area contributed by atoms with Gasteiger partial charge in [-0.15, -0.1) is 0 Å². The normalized spacial score (nSPS) is 10.4. The van der Waals surface area contributed by atoms with Crippen LogP contribution in [0, 0.1) is 11.6 Å². The number of pyridine rings is 1. The minimum absolute atomic E-state index is 0.267. The summed E-state index contributed by atoms with van der Waals surface area (Å²) in [5.41, 5.74) is 6.07. The molecule has 0 aliphatic carbocycles. The molecule has 0 bridgehead atoms. The molecule has 0 saturated carbocycles. The van der Waals surface area contributed by atoms with Crippen molar-refractivity contribution in [1.29, 1.82) is 0 Å². The highest BCUT2D eigenvalue weighted by Crippen LogP contribution is 2.33. The Morgan fingerprint density at radius 2 is 1.67 bits per heavy atom. The van der Waals surface area contributed by atoms with Gasteiger partial charge in [-0.05, 0) is 28.1 Å². The Morgan fingerprint density at radius 1 is 1.06 bits per heavy atom. The maximum absolute atomic E-state index is 13.7. The molecule has 1 heterocycles. The SMILES string of the molecule is Nc1cncc(Br)c1Nc1c(F)cc(Br)cc1F. The topological polar surface area (TPSA) is 50.9 Å². The molecule has 7 heteroatoms. The molecule has 0 saturated heterocycles. The molecule has 0 radical (unpaired) electrons. The van der Waals surface area contributed by atoms with E-state index in [1.807, 2.05) is 0 Å². The maximum atomic E-state index is 13.7. The average molecular weight is 379 g/mol. The molecule has 0 amide bonds. The minimum atomic E-state index is -0.718. The van der Waals surface area contributed by atoms with Gasteiger partial charge in [-0.3, -0.25) is 4.98 Å². The molecular formula is C11H7Br2F2N3. The van der Waals surface area contributed by atoms with Crippen LogP contribution >= 0.6 is 31.9 Å². The molecule has 3 nitrogen and oxygen atoms in total. The third-order valence-electron chi connectivity index (χ3n) is 2.19.